The summed E-state index contributed by atoms with van der Waals surface area (Å²) in [6.07, 6.45) is 5.59. The van der Waals surface area contributed by atoms with Gasteiger partial charge in [0, 0.05) is 30.1 Å². The van der Waals surface area contributed by atoms with Gasteiger partial charge in [-0.1, -0.05) is 49.9 Å². The molecule has 3 aromatic rings. The van der Waals surface area contributed by atoms with Crippen molar-refractivity contribution >= 4 is 28.5 Å². The lowest BCUT2D eigenvalue weighted by Crippen LogP contribution is -2.26. The largest absolute Gasteiger partial charge is 0.352 e. The van der Waals surface area contributed by atoms with E-state index < -0.39 is 0 Å². The summed E-state index contributed by atoms with van der Waals surface area (Å²) in [6, 6.07) is 15.2. The normalized spacial score (nSPS) is 11.0. The first-order valence-electron chi connectivity index (χ1n) is 9.67. The van der Waals surface area contributed by atoms with Crippen molar-refractivity contribution in [1.82, 2.24) is 14.9 Å². The van der Waals surface area contributed by atoms with Crippen molar-refractivity contribution in [3.63, 3.8) is 0 Å². The second-order valence-corrected chi connectivity index (χ2v) is 7.18. The summed E-state index contributed by atoms with van der Waals surface area (Å²) in [5.41, 5.74) is 2.81. The monoisotopic (exact) mass is 383 g/mol. The highest BCUT2D eigenvalue weighted by molar-refractivity contribution is 6.30. The van der Waals surface area contributed by atoms with E-state index in [1.165, 1.54) is 24.8 Å². The number of nitrogens with zero attached hydrogens (tertiary/aromatic N) is 2. The van der Waals surface area contributed by atoms with Crippen LogP contribution in [0, 0.1) is 0 Å². The molecule has 0 aliphatic rings. The van der Waals surface area contributed by atoms with Gasteiger partial charge >= 0.3 is 0 Å². The van der Waals surface area contributed by atoms with Crippen molar-refractivity contribution in [3.05, 3.63) is 64.9 Å². The zero-order valence-electron chi connectivity index (χ0n) is 15.7. The summed E-state index contributed by atoms with van der Waals surface area (Å²) >= 11 is 5.88. The number of imidazole rings is 1. The van der Waals surface area contributed by atoms with Gasteiger partial charge in [0.1, 0.15) is 5.82 Å². The first-order valence-corrected chi connectivity index (χ1v) is 10.0. The van der Waals surface area contributed by atoms with Crippen LogP contribution >= 0.6 is 11.6 Å². The van der Waals surface area contributed by atoms with Gasteiger partial charge in [0.2, 0.25) is 0 Å². The second-order valence-electron chi connectivity index (χ2n) is 6.74. The quantitative estimate of drug-likeness (QED) is 0.513. The van der Waals surface area contributed by atoms with E-state index in [1.54, 1.807) is 24.3 Å². The molecule has 3 rings (SSSR count). The number of hydrogen-bond donors (Lipinski definition) is 1. The molecule has 0 bridgehead atoms. The van der Waals surface area contributed by atoms with Crippen LogP contribution in [0.15, 0.2) is 48.5 Å². The fourth-order valence-corrected chi connectivity index (χ4v) is 3.38. The number of amides is 1. The van der Waals surface area contributed by atoms with Gasteiger partial charge in [-0.15, -0.1) is 0 Å². The van der Waals surface area contributed by atoms with Gasteiger partial charge in [0.05, 0.1) is 11.0 Å². The highest BCUT2D eigenvalue weighted by Crippen LogP contribution is 2.18. The Morgan fingerprint density at radius 3 is 2.63 bits per heavy atom. The molecule has 0 atom stereocenters. The lowest BCUT2D eigenvalue weighted by Gasteiger charge is -2.10. The molecule has 1 aromatic heterocycles. The number of halogens is 1. The van der Waals surface area contributed by atoms with Gasteiger partial charge in [-0.25, -0.2) is 4.98 Å². The van der Waals surface area contributed by atoms with Crippen LogP contribution < -0.4 is 5.32 Å². The highest BCUT2D eigenvalue weighted by atomic mass is 35.5. The Hall–Kier alpha value is -2.33. The Bertz CT molecular complexity index is 886. The molecule has 0 fully saturated rings. The summed E-state index contributed by atoms with van der Waals surface area (Å²) in [5.74, 6) is 0.946. The Balaban J connectivity index is 1.64. The summed E-state index contributed by atoms with van der Waals surface area (Å²) in [4.78, 5) is 17.1. The first-order chi connectivity index (χ1) is 13.2. The van der Waals surface area contributed by atoms with Crippen LogP contribution in [0.1, 0.15) is 48.8 Å². The molecule has 0 aliphatic heterocycles. The van der Waals surface area contributed by atoms with E-state index in [9.17, 15) is 4.79 Å². The molecular formula is C22H26ClN3O. The molecule has 1 heterocycles. The van der Waals surface area contributed by atoms with E-state index in [-0.39, 0.29) is 5.91 Å². The van der Waals surface area contributed by atoms with Gasteiger partial charge in [-0.05, 0) is 42.8 Å². The highest BCUT2D eigenvalue weighted by Gasteiger charge is 2.11. The number of unbranched alkanes of at least 4 members (excludes halogenated alkanes) is 3. The number of aryl methyl sites for hydroxylation is 1. The van der Waals surface area contributed by atoms with E-state index in [0.717, 1.165) is 24.3 Å². The van der Waals surface area contributed by atoms with Gasteiger partial charge in [-0.3, -0.25) is 4.79 Å². The topological polar surface area (TPSA) is 46.9 Å². The smallest absolute Gasteiger partial charge is 0.251 e. The van der Waals surface area contributed by atoms with Gasteiger partial charge in [0.25, 0.3) is 5.91 Å². The number of carbonyl (C=O) groups is 1. The van der Waals surface area contributed by atoms with Crippen LogP contribution in [0.3, 0.4) is 0 Å². The van der Waals surface area contributed by atoms with Gasteiger partial charge < -0.3 is 9.88 Å². The Morgan fingerprint density at radius 2 is 1.85 bits per heavy atom. The molecule has 1 N–H and O–H groups in total. The maximum Gasteiger partial charge on any atom is 0.251 e. The maximum absolute atomic E-state index is 12.3. The molecule has 1 amide bonds. The lowest BCUT2D eigenvalue weighted by atomic mass is 10.2. The molecule has 0 spiro atoms. The number of para-hydroxylation sites is 2. The third-order valence-corrected chi connectivity index (χ3v) is 4.96. The van der Waals surface area contributed by atoms with Crippen molar-refractivity contribution in [2.24, 2.45) is 0 Å². The number of nitrogens with one attached hydrogen (secondary N) is 1. The van der Waals surface area contributed by atoms with Gasteiger partial charge in [-0.2, -0.15) is 0 Å². The molecule has 4 nitrogen and oxygen atoms in total. The zero-order valence-corrected chi connectivity index (χ0v) is 16.5. The number of fused-ring (bicyclic) bond motifs is 1. The van der Waals surface area contributed by atoms with Gasteiger partial charge in [0.15, 0.2) is 0 Å². The average Bonchev–Trinajstić information content (AvgIpc) is 3.03. The SMILES string of the molecule is CCCCCCn1c(CCNC(=O)c2ccc(Cl)cc2)nc2ccccc21. The summed E-state index contributed by atoms with van der Waals surface area (Å²) in [5, 5.41) is 3.61. The number of hydrogen-bond acceptors (Lipinski definition) is 2. The van der Waals surface area contributed by atoms with E-state index in [2.05, 4.69) is 28.9 Å². The molecule has 0 radical (unpaired) electrons. The fraction of sp³-hybridized carbons (Fsp3) is 0.364. The third kappa shape index (κ3) is 5.10. The van der Waals surface area contributed by atoms with Crippen LogP contribution in [0.25, 0.3) is 11.0 Å². The fourth-order valence-electron chi connectivity index (χ4n) is 3.25. The summed E-state index contributed by atoms with van der Waals surface area (Å²) in [7, 11) is 0. The second kappa shape index (κ2) is 9.56. The zero-order chi connectivity index (χ0) is 19.1. The van der Waals surface area contributed by atoms with Crippen molar-refractivity contribution in [2.45, 2.75) is 45.6 Å². The van der Waals surface area contributed by atoms with Crippen LogP contribution in [0.2, 0.25) is 5.02 Å². The van der Waals surface area contributed by atoms with E-state index in [4.69, 9.17) is 16.6 Å². The number of aromatic nitrogens is 2. The molecule has 2 aromatic carbocycles. The summed E-state index contributed by atoms with van der Waals surface area (Å²) < 4.78 is 2.30. The number of carbonyl (C=O) groups excluding carboxylic acids is 1. The van der Waals surface area contributed by atoms with Crippen molar-refractivity contribution in [2.75, 3.05) is 6.54 Å². The molecule has 5 heteroatoms. The van der Waals surface area contributed by atoms with Crippen molar-refractivity contribution in [1.29, 1.82) is 0 Å². The number of benzene rings is 2. The Labute approximate surface area is 165 Å². The minimum atomic E-state index is -0.0859. The standard InChI is InChI=1S/C22H26ClN3O/c1-2-3-4-7-16-26-20-9-6-5-8-19(20)25-21(26)14-15-24-22(27)17-10-12-18(23)13-11-17/h5-6,8-13H,2-4,7,14-16H2,1H3,(H,24,27). The van der Waals surface area contributed by atoms with E-state index >= 15 is 0 Å². The van der Waals surface area contributed by atoms with E-state index in [0.29, 0.717) is 23.6 Å². The Morgan fingerprint density at radius 1 is 1.07 bits per heavy atom. The maximum atomic E-state index is 12.3. The molecule has 0 saturated carbocycles. The van der Waals surface area contributed by atoms with Crippen LogP contribution in [0.4, 0.5) is 0 Å². The minimum Gasteiger partial charge on any atom is -0.352 e. The van der Waals surface area contributed by atoms with Crippen molar-refractivity contribution in [3.8, 4) is 0 Å². The van der Waals surface area contributed by atoms with Crippen molar-refractivity contribution < 1.29 is 4.79 Å². The molecule has 142 valence electrons. The third-order valence-electron chi connectivity index (χ3n) is 4.71. The van der Waals surface area contributed by atoms with Crippen LogP contribution in [-0.2, 0) is 13.0 Å². The van der Waals surface area contributed by atoms with E-state index in [1.807, 2.05) is 12.1 Å². The molecule has 0 saturated heterocycles. The van der Waals surface area contributed by atoms with Crippen LogP contribution in [0.5, 0.6) is 0 Å². The predicted molar refractivity (Wildman–Crippen MR) is 111 cm³/mol. The van der Waals surface area contributed by atoms with Crippen LogP contribution in [-0.4, -0.2) is 22.0 Å². The Kier molecular flexibility index (Phi) is 6.88. The predicted octanol–water partition coefficient (Wildman–Crippen LogP) is 5.24. The molecular weight excluding hydrogens is 358 g/mol. The average molecular weight is 384 g/mol. The molecule has 0 unspecified atom stereocenters. The lowest BCUT2D eigenvalue weighted by molar-refractivity contribution is 0.0954. The first kappa shape index (κ1) is 19.4. The molecule has 27 heavy (non-hydrogen) atoms. The summed E-state index contributed by atoms with van der Waals surface area (Å²) in [6.45, 7) is 3.75. The molecule has 0 aliphatic carbocycles. The number of rotatable bonds is 9. The minimum absolute atomic E-state index is 0.0859.